The highest BCUT2D eigenvalue weighted by Crippen LogP contribution is 2.37. The van der Waals surface area contributed by atoms with Gasteiger partial charge in [-0.05, 0) is 23.8 Å². The molecule has 0 saturated heterocycles. The monoisotopic (exact) mass is 259 g/mol. The van der Waals surface area contributed by atoms with Gasteiger partial charge in [-0.1, -0.05) is 42.5 Å². The van der Waals surface area contributed by atoms with Crippen LogP contribution in [0.15, 0.2) is 66.9 Å². The van der Waals surface area contributed by atoms with E-state index in [-0.39, 0.29) is 0 Å². The molecule has 0 radical (unpaired) electrons. The molecule has 2 heteroatoms. The Hall–Kier alpha value is -2.61. The Morgan fingerprint density at radius 2 is 1.65 bits per heavy atom. The molecule has 20 heavy (non-hydrogen) atoms. The van der Waals surface area contributed by atoms with Crippen molar-refractivity contribution >= 4 is 0 Å². The normalized spacial score (nSPS) is 12.2. The minimum atomic E-state index is 0.583. The van der Waals surface area contributed by atoms with Crippen LogP contribution in [0.2, 0.25) is 0 Å². The number of benzene rings is 2. The lowest BCUT2D eigenvalue weighted by Gasteiger charge is -2.20. The summed E-state index contributed by atoms with van der Waals surface area (Å²) >= 11 is 0. The topological polar surface area (TPSA) is 22.1 Å². The summed E-state index contributed by atoms with van der Waals surface area (Å²) in [6.07, 6.45) is 1.94. The van der Waals surface area contributed by atoms with E-state index in [1.54, 1.807) is 0 Å². The first kappa shape index (κ1) is 11.2. The third-order valence-electron chi connectivity index (χ3n) is 3.60. The molecule has 0 atom stereocenters. The van der Waals surface area contributed by atoms with Crippen LogP contribution in [0.4, 0.5) is 0 Å². The van der Waals surface area contributed by atoms with Crippen LogP contribution in [0.5, 0.6) is 5.75 Å². The number of pyridine rings is 1. The van der Waals surface area contributed by atoms with Crippen LogP contribution < -0.4 is 4.74 Å². The molecule has 0 fully saturated rings. The summed E-state index contributed by atoms with van der Waals surface area (Å²) in [7, 11) is 0. The zero-order chi connectivity index (χ0) is 13.4. The van der Waals surface area contributed by atoms with Crippen LogP contribution in [-0.2, 0) is 6.61 Å². The van der Waals surface area contributed by atoms with Crippen LogP contribution >= 0.6 is 0 Å². The minimum Gasteiger partial charge on any atom is -0.488 e. The molecule has 2 nitrogen and oxygen atoms in total. The summed E-state index contributed by atoms with van der Waals surface area (Å²) in [6.45, 7) is 0.583. The van der Waals surface area contributed by atoms with E-state index in [4.69, 9.17) is 4.74 Å². The van der Waals surface area contributed by atoms with Crippen LogP contribution in [0.3, 0.4) is 0 Å². The van der Waals surface area contributed by atoms with Crippen molar-refractivity contribution in [2.75, 3.05) is 0 Å². The summed E-state index contributed by atoms with van der Waals surface area (Å²) in [5, 5.41) is 0. The van der Waals surface area contributed by atoms with Gasteiger partial charge < -0.3 is 4.74 Å². The third-order valence-corrected chi connectivity index (χ3v) is 3.60. The quantitative estimate of drug-likeness (QED) is 0.649. The zero-order valence-electron chi connectivity index (χ0n) is 10.9. The highest BCUT2D eigenvalue weighted by molar-refractivity contribution is 5.74. The van der Waals surface area contributed by atoms with Crippen LogP contribution in [0.1, 0.15) is 5.56 Å². The highest BCUT2D eigenvalue weighted by Gasteiger charge is 2.18. The fourth-order valence-electron chi connectivity index (χ4n) is 2.59. The van der Waals surface area contributed by atoms with E-state index in [0.717, 1.165) is 28.1 Å². The summed E-state index contributed by atoms with van der Waals surface area (Å²) in [5.74, 6) is 0.917. The molecule has 3 aromatic rings. The molecule has 1 aliphatic rings. The summed E-state index contributed by atoms with van der Waals surface area (Å²) in [5.41, 5.74) is 5.57. The van der Waals surface area contributed by atoms with Crippen molar-refractivity contribution in [1.82, 2.24) is 4.98 Å². The number of ether oxygens (including phenoxy) is 1. The Bertz CT molecular complexity index is 765. The number of hydrogen-bond donors (Lipinski definition) is 0. The van der Waals surface area contributed by atoms with E-state index in [1.165, 1.54) is 5.56 Å². The largest absolute Gasteiger partial charge is 0.488 e. The average molecular weight is 259 g/mol. The van der Waals surface area contributed by atoms with E-state index in [1.807, 2.05) is 42.6 Å². The second kappa shape index (κ2) is 4.49. The smallest absolute Gasteiger partial charge is 0.129 e. The zero-order valence-corrected chi connectivity index (χ0v) is 10.9. The summed E-state index contributed by atoms with van der Waals surface area (Å²) in [4.78, 5) is 4.66. The average Bonchev–Trinajstić information content (AvgIpc) is 2.55. The van der Waals surface area contributed by atoms with Gasteiger partial charge in [0.15, 0.2) is 0 Å². The van der Waals surface area contributed by atoms with Crippen LogP contribution in [0, 0.1) is 0 Å². The Balaban J connectivity index is 1.85. The van der Waals surface area contributed by atoms with Gasteiger partial charge in [-0.15, -0.1) is 0 Å². The molecule has 0 unspecified atom stereocenters. The molecule has 4 rings (SSSR count). The van der Waals surface area contributed by atoms with Gasteiger partial charge in [0, 0.05) is 22.9 Å². The van der Waals surface area contributed by atoms with Crippen LogP contribution in [0.25, 0.3) is 22.4 Å². The first-order chi connectivity index (χ1) is 9.92. The van der Waals surface area contributed by atoms with Crippen molar-refractivity contribution in [3.8, 4) is 28.1 Å². The maximum atomic E-state index is 5.80. The van der Waals surface area contributed by atoms with Gasteiger partial charge in [-0.3, -0.25) is 4.98 Å². The molecule has 2 aromatic carbocycles. The van der Waals surface area contributed by atoms with Gasteiger partial charge in [0.25, 0.3) is 0 Å². The second-order valence-electron chi connectivity index (χ2n) is 4.88. The van der Waals surface area contributed by atoms with Crippen molar-refractivity contribution in [1.29, 1.82) is 0 Å². The van der Waals surface area contributed by atoms with Crippen molar-refractivity contribution < 1.29 is 4.74 Å². The molecule has 2 heterocycles. The second-order valence-corrected chi connectivity index (χ2v) is 4.88. The lowest BCUT2D eigenvalue weighted by molar-refractivity contribution is 0.301. The number of nitrogens with zero attached hydrogens (tertiary/aromatic N) is 1. The Kier molecular flexibility index (Phi) is 2.52. The van der Waals surface area contributed by atoms with Gasteiger partial charge in [0.2, 0.25) is 0 Å². The third kappa shape index (κ3) is 1.77. The predicted molar refractivity (Wildman–Crippen MR) is 79.4 cm³/mol. The standard InChI is InChI=1S/C18H13NO/c1-2-6-13(7-3-1)14-10-15-12-20-17-9-5-4-8-16(17)18(15)19-11-14/h1-11H,12H2. The molecular weight excluding hydrogens is 246 g/mol. The number of para-hydroxylation sites is 1. The van der Waals surface area contributed by atoms with E-state index in [9.17, 15) is 0 Å². The molecular formula is C18H13NO. The number of rotatable bonds is 1. The SMILES string of the molecule is c1ccc(-c2cnc3c(c2)COc2ccccc2-3)cc1. The van der Waals surface area contributed by atoms with Crippen molar-refractivity contribution in [2.45, 2.75) is 6.61 Å². The molecule has 0 spiro atoms. The number of hydrogen-bond acceptors (Lipinski definition) is 2. The molecule has 0 N–H and O–H groups in total. The summed E-state index contributed by atoms with van der Waals surface area (Å²) in [6, 6.07) is 20.5. The van der Waals surface area contributed by atoms with Gasteiger partial charge >= 0.3 is 0 Å². The fraction of sp³-hybridized carbons (Fsp3) is 0.0556. The van der Waals surface area contributed by atoms with Gasteiger partial charge in [0.05, 0.1) is 5.69 Å². The van der Waals surface area contributed by atoms with Crippen LogP contribution in [-0.4, -0.2) is 4.98 Å². The first-order valence-electron chi connectivity index (χ1n) is 6.68. The first-order valence-corrected chi connectivity index (χ1v) is 6.68. The van der Waals surface area contributed by atoms with Crippen molar-refractivity contribution in [3.05, 3.63) is 72.4 Å². The van der Waals surface area contributed by atoms with E-state index < -0.39 is 0 Å². The number of aromatic nitrogens is 1. The molecule has 0 aliphatic carbocycles. The van der Waals surface area contributed by atoms with E-state index in [2.05, 4.69) is 29.2 Å². The van der Waals surface area contributed by atoms with Crippen molar-refractivity contribution in [3.63, 3.8) is 0 Å². The predicted octanol–water partition coefficient (Wildman–Crippen LogP) is 4.31. The number of fused-ring (bicyclic) bond motifs is 3. The molecule has 0 amide bonds. The Labute approximate surface area is 117 Å². The van der Waals surface area contributed by atoms with Gasteiger partial charge in [-0.2, -0.15) is 0 Å². The Morgan fingerprint density at radius 3 is 2.55 bits per heavy atom. The molecule has 1 aromatic heterocycles. The van der Waals surface area contributed by atoms with E-state index in [0.29, 0.717) is 6.61 Å². The Morgan fingerprint density at radius 1 is 0.850 bits per heavy atom. The maximum Gasteiger partial charge on any atom is 0.129 e. The van der Waals surface area contributed by atoms with Gasteiger partial charge in [0.1, 0.15) is 12.4 Å². The minimum absolute atomic E-state index is 0.583. The lowest BCUT2D eigenvalue weighted by Crippen LogP contribution is -2.07. The van der Waals surface area contributed by atoms with E-state index >= 15 is 0 Å². The summed E-state index contributed by atoms with van der Waals surface area (Å²) < 4.78 is 5.80. The molecule has 0 bridgehead atoms. The maximum absolute atomic E-state index is 5.80. The fourth-order valence-corrected chi connectivity index (χ4v) is 2.59. The van der Waals surface area contributed by atoms with Crippen molar-refractivity contribution in [2.24, 2.45) is 0 Å². The molecule has 0 saturated carbocycles. The van der Waals surface area contributed by atoms with Gasteiger partial charge in [-0.25, -0.2) is 0 Å². The highest BCUT2D eigenvalue weighted by atomic mass is 16.5. The lowest BCUT2D eigenvalue weighted by atomic mass is 9.99. The molecule has 1 aliphatic heterocycles. The molecule has 96 valence electrons.